The molecule has 1 aliphatic carbocycles. The van der Waals surface area contributed by atoms with Gasteiger partial charge in [0, 0.05) is 23.2 Å². The van der Waals surface area contributed by atoms with Crippen LogP contribution in [0.25, 0.3) is 16.8 Å². The highest BCUT2D eigenvalue weighted by Crippen LogP contribution is 2.38. The molecule has 2 aromatic carbocycles. The minimum absolute atomic E-state index is 0.0504. The number of thioether (sulfide) groups is 1. The maximum Gasteiger partial charge on any atom is 0.237 e. The maximum atomic E-state index is 12.5. The predicted molar refractivity (Wildman–Crippen MR) is 154 cm³/mol. The summed E-state index contributed by atoms with van der Waals surface area (Å²) in [5.41, 5.74) is 6.40. The van der Waals surface area contributed by atoms with Gasteiger partial charge in [0.1, 0.15) is 12.4 Å². The fourth-order valence-electron chi connectivity index (χ4n) is 5.28. The van der Waals surface area contributed by atoms with Gasteiger partial charge in [-0.1, -0.05) is 68.3 Å². The molecule has 6 nitrogen and oxygen atoms in total. The summed E-state index contributed by atoms with van der Waals surface area (Å²) in [5.74, 6) is 1.21. The van der Waals surface area contributed by atoms with Crippen molar-refractivity contribution < 1.29 is 9.53 Å². The van der Waals surface area contributed by atoms with Crippen LogP contribution in [0.2, 0.25) is 0 Å². The summed E-state index contributed by atoms with van der Waals surface area (Å²) in [4.78, 5) is 17.4. The topological polar surface area (TPSA) is 68.5 Å². The molecule has 0 aliphatic heterocycles. The summed E-state index contributed by atoms with van der Waals surface area (Å²) in [5, 5.41) is 7.31. The number of carbonyl (C=O) groups is 1. The molecule has 38 heavy (non-hydrogen) atoms. The molecular formula is C31H34N4O2S. The van der Waals surface area contributed by atoms with Gasteiger partial charge in [-0.3, -0.25) is 4.79 Å². The highest BCUT2D eigenvalue weighted by atomic mass is 32.2. The summed E-state index contributed by atoms with van der Waals surface area (Å²) in [6, 6.07) is 18.5. The van der Waals surface area contributed by atoms with Crippen molar-refractivity contribution in [2.24, 2.45) is 0 Å². The number of carbonyl (C=O) groups excluding carboxylic acids is 1. The molecule has 0 bridgehead atoms. The number of aromatic nitrogens is 3. The Morgan fingerprint density at radius 1 is 1.13 bits per heavy atom. The lowest BCUT2D eigenvalue weighted by Gasteiger charge is -2.25. The standard InChI is InChI=1S/C31H34N4O2S/c1-3-32-31(36)28(38-2)18-25-19-34-35-29(24-12-8-5-9-13-24)27(20-33-30(25)35)23-14-16-26(17-15-23)37-21-22-10-6-4-7-11-22/h3-4,6-7,10-11,14-17,19-20,24,28H,1,5,8-9,12-13,18,21H2,2H3,(H,32,36). The van der Waals surface area contributed by atoms with E-state index >= 15 is 0 Å². The van der Waals surface area contributed by atoms with Crippen LogP contribution in [0.5, 0.6) is 5.75 Å². The molecule has 2 aromatic heterocycles. The third kappa shape index (κ3) is 5.78. The average molecular weight is 527 g/mol. The number of amides is 1. The average Bonchev–Trinajstić information content (AvgIpc) is 3.38. The summed E-state index contributed by atoms with van der Waals surface area (Å²) < 4.78 is 8.04. The van der Waals surface area contributed by atoms with Gasteiger partial charge in [-0.15, -0.1) is 0 Å². The van der Waals surface area contributed by atoms with Crippen LogP contribution in [0.3, 0.4) is 0 Å². The fraction of sp³-hybridized carbons (Fsp3) is 0.323. The van der Waals surface area contributed by atoms with Gasteiger partial charge >= 0.3 is 0 Å². The Hall–Kier alpha value is -3.58. The fourth-order valence-corrected chi connectivity index (χ4v) is 5.91. The molecule has 1 amide bonds. The van der Waals surface area contributed by atoms with Gasteiger partial charge < -0.3 is 10.1 Å². The SMILES string of the molecule is C=CNC(=O)C(Cc1cnn2c(C3CCCCC3)c(-c3ccc(OCc4ccccc4)cc3)cnc12)SC. The Balaban J connectivity index is 1.46. The van der Waals surface area contributed by atoms with Gasteiger partial charge in [0.2, 0.25) is 5.91 Å². The zero-order valence-corrected chi connectivity index (χ0v) is 22.6. The lowest BCUT2D eigenvalue weighted by atomic mass is 9.84. The second kappa shape index (κ2) is 12.3. The quantitative estimate of drug-likeness (QED) is 0.254. The first-order valence-corrected chi connectivity index (χ1v) is 14.5. The summed E-state index contributed by atoms with van der Waals surface area (Å²) >= 11 is 1.52. The minimum atomic E-state index is -0.232. The van der Waals surface area contributed by atoms with E-state index in [0.717, 1.165) is 46.5 Å². The zero-order valence-electron chi connectivity index (χ0n) is 21.8. The summed E-state index contributed by atoms with van der Waals surface area (Å²) in [6.07, 6.45) is 13.8. The van der Waals surface area contributed by atoms with Crippen molar-refractivity contribution in [3.8, 4) is 16.9 Å². The molecule has 4 aromatic rings. The van der Waals surface area contributed by atoms with Crippen LogP contribution in [0.15, 0.2) is 79.8 Å². The van der Waals surface area contributed by atoms with E-state index in [1.807, 2.05) is 53.5 Å². The molecule has 0 saturated heterocycles. The van der Waals surface area contributed by atoms with Crippen LogP contribution in [-0.2, 0) is 17.8 Å². The molecule has 1 saturated carbocycles. The van der Waals surface area contributed by atoms with Gasteiger partial charge in [0.25, 0.3) is 0 Å². The van der Waals surface area contributed by atoms with Crippen molar-refractivity contribution in [2.75, 3.05) is 6.26 Å². The molecule has 1 N–H and O–H groups in total. The Bertz CT molecular complexity index is 1380. The van der Waals surface area contributed by atoms with E-state index in [0.29, 0.717) is 18.9 Å². The third-order valence-electron chi connectivity index (χ3n) is 7.27. The molecule has 2 heterocycles. The molecule has 5 rings (SSSR count). The van der Waals surface area contributed by atoms with Crippen molar-refractivity contribution in [2.45, 2.75) is 56.3 Å². The van der Waals surface area contributed by atoms with Crippen molar-refractivity contribution in [3.05, 3.63) is 96.6 Å². The molecule has 1 unspecified atom stereocenters. The molecule has 7 heteroatoms. The first kappa shape index (κ1) is 26.0. The molecule has 196 valence electrons. The molecule has 1 atom stereocenters. The third-order valence-corrected chi connectivity index (χ3v) is 8.22. The van der Waals surface area contributed by atoms with Crippen LogP contribution >= 0.6 is 11.8 Å². The maximum absolute atomic E-state index is 12.5. The normalized spacial score (nSPS) is 14.8. The summed E-state index contributed by atoms with van der Waals surface area (Å²) in [6.45, 7) is 4.16. The van der Waals surface area contributed by atoms with E-state index in [1.165, 1.54) is 42.9 Å². The largest absolute Gasteiger partial charge is 0.489 e. The van der Waals surface area contributed by atoms with Crippen LogP contribution < -0.4 is 10.1 Å². The van der Waals surface area contributed by atoms with E-state index < -0.39 is 0 Å². The second-order valence-electron chi connectivity index (χ2n) is 9.74. The number of hydrogen-bond acceptors (Lipinski definition) is 5. The van der Waals surface area contributed by atoms with E-state index in [4.69, 9.17) is 14.8 Å². The lowest BCUT2D eigenvalue weighted by Crippen LogP contribution is -2.30. The van der Waals surface area contributed by atoms with Gasteiger partial charge in [0.15, 0.2) is 5.65 Å². The minimum Gasteiger partial charge on any atom is -0.489 e. The smallest absolute Gasteiger partial charge is 0.237 e. The van der Waals surface area contributed by atoms with Crippen molar-refractivity contribution >= 4 is 23.3 Å². The van der Waals surface area contributed by atoms with Crippen LogP contribution in [-0.4, -0.2) is 32.0 Å². The number of nitrogens with one attached hydrogen (secondary N) is 1. The number of rotatable bonds is 10. The molecule has 0 radical (unpaired) electrons. The number of ether oxygens (including phenoxy) is 1. The van der Waals surface area contributed by atoms with Gasteiger partial charge in [-0.2, -0.15) is 16.9 Å². The van der Waals surface area contributed by atoms with Gasteiger partial charge in [-0.05, 0) is 55.0 Å². The Morgan fingerprint density at radius 3 is 2.61 bits per heavy atom. The van der Waals surface area contributed by atoms with Crippen LogP contribution in [0, 0.1) is 0 Å². The number of hydrogen-bond donors (Lipinski definition) is 1. The number of fused-ring (bicyclic) bond motifs is 1. The van der Waals surface area contributed by atoms with Crippen LogP contribution in [0.1, 0.15) is 54.8 Å². The van der Waals surface area contributed by atoms with E-state index in [9.17, 15) is 4.79 Å². The van der Waals surface area contributed by atoms with Crippen molar-refractivity contribution in [1.29, 1.82) is 0 Å². The van der Waals surface area contributed by atoms with E-state index in [1.54, 1.807) is 0 Å². The Morgan fingerprint density at radius 2 is 1.89 bits per heavy atom. The Kier molecular flexibility index (Phi) is 8.44. The second-order valence-corrected chi connectivity index (χ2v) is 10.8. The first-order chi connectivity index (χ1) is 18.7. The summed E-state index contributed by atoms with van der Waals surface area (Å²) in [7, 11) is 0. The first-order valence-electron chi connectivity index (χ1n) is 13.2. The highest BCUT2D eigenvalue weighted by molar-refractivity contribution is 7.99. The lowest BCUT2D eigenvalue weighted by molar-refractivity contribution is -0.119. The highest BCUT2D eigenvalue weighted by Gasteiger charge is 2.26. The van der Waals surface area contributed by atoms with Gasteiger partial charge in [0.05, 0.1) is 17.1 Å². The van der Waals surface area contributed by atoms with E-state index in [2.05, 4.69) is 36.2 Å². The van der Waals surface area contributed by atoms with Crippen LogP contribution in [0.4, 0.5) is 0 Å². The van der Waals surface area contributed by atoms with Gasteiger partial charge in [-0.25, -0.2) is 9.50 Å². The molecule has 1 fully saturated rings. The molecule has 0 spiro atoms. The number of nitrogens with zero attached hydrogens (tertiary/aromatic N) is 3. The van der Waals surface area contributed by atoms with Crippen molar-refractivity contribution in [3.63, 3.8) is 0 Å². The zero-order chi connectivity index (χ0) is 26.3. The monoisotopic (exact) mass is 526 g/mol. The molecule has 1 aliphatic rings. The molecular weight excluding hydrogens is 492 g/mol. The predicted octanol–water partition coefficient (Wildman–Crippen LogP) is 6.56. The van der Waals surface area contributed by atoms with Crippen molar-refractivity contribution in [1.82, 2.24) is 19.9 Å². The Labute approximate surface area is 228 Å². The number of benzene rings is 2. The van der Waals surface area contributed by atoms with E-state index in [-0.39, 0.29) is 11.2 Å².